The molecule has 0 saturated heterocycles. The fourth-order valence-corrected chi connectivity index (χ4v) is 4.01. The third-order valence-electron chi connectivity index (χ3n) is 5.66. The van der Waals surface area contributed by atoms with Gasteiger partial charge in [0.1, 0.15) is 19.0 Å². The second-order valence-corrected chi connectivity index (χ2v) is 8.19. The van der Waals surface area contributed by atoms with Crippen molar-refractivity contribution in [2.45, 2.75) is 46.6 Å². The number of hydrogen-bond acceptors (Lipinski definition) is 6. The minimum absolute atomic E-state index is 0.0806. The standard InChI is InChI=1S/C25H26N6O4/c1-2-13-29-22-21(28(16-26-22)17-34-14-19-9-5-3-6-10-19)23-27-30(25(33)31(23)24(29)32)18-35-15-20-11-7-4-8-12-20/h3-12,16H,2,13-15,17-18H2,1H3. The molecule has 0 aliphatic carbocycles. The van der Waals surface area contributed by atoms with Gasteiger partial charge in [0.25, 0.3) is 0 Å². The van der Waals surface area contributed by atoms with Crippen LogP contribution in [0.2, 0.25) is 0 Å². The van der Waals surface area contributed by atoms with Gasteiger partial charge in [-0.1, -0.05) is 67.6 Å². The van der Waals surface area contributed by atoms with E-state index in [1.165, 1.54) is 4.57 Å². The number of aryl methyl sites for hydroxylation is 1. The summed E-state index contributed by atoms with van der Waals surface area (Å²) in [7, 11) is 0. The fraction of sp³-hybridized carbons (Fsp3) is 0.280. The Morgan fingerprint density at radius 1 is 0.800 bits per heavy atom. The van der Waals surface area contributed by atoms with Crippen LogP contribution >= 0.6 is 0 Å². The first-order valence-corrected chi connectivity index (χ1v) is 11.5. The summed E-state index contributed by atoms with van der Waals surface area (Å²) in [6.45, 7) is 3.24. The first-order valence-electron chi connectivity index (χ1n) is 11.5. The summed E-state index contributed by atoms with van der Waals surface area (Å²) in [4.78, 5) is 30.8. The first-order chi connectivity index (χ1) is 17.2. The van der Waals surface area contributed by atoms with Crippen molar-refractivity contribution in [1.82, 2.24) is 28.3 Å². The molecule has 0 aliphatic rings. The molecule has 5 rings (SSSR count). The van der Waals surface area contributed by atoms with Crippen LogP contribution < -0.4 is 11.4 Å². The summed E-state index contributed by atoms with van der Waals surface area (Å²) >= 11 is 0. The van der Waals surface area contributed by atoms with E-state index in [1.807, 2.05) is 67.6 Å². The van der Waals surface area contributed by atoms with Crippen molar-refractivity contribution >= 4 is 16.8 Å². The highest BCUT2D eigenvalue weighted by Crippen LogP contribution is 2.16. The largest absolute Gasteiger partial charge is 0.356 e. The summed E-state index contributed by atoms with van der Waals surface area (Å²) in [5, 5.41) is 4.45. The van der Waals surface area contributed by atoms with Gasteiger partial charge in [0.05, 0.1) is 19.5 Å². The highest BCUT2D eigenvalue weighted by molar-refractivity contribution is 5.85. The van der Waals surface area contributed by atoms with Gasteiger partial charge in [0.15, 0.2) is 11.3 Å². The van der Waals surface area contributed by atoms with Crippen molar-refractivity contribution in [3.05, 3.63) is 99.1 Å². The number of rotatable bonds is 10. The summed E-state index contributed by atoms with van der Waals surface area (Å²) in [6, 6.07) is 19.5. The smallest absolute Gasteiger partial charge is 0.356 e. The van der Waals surface area contributed by atoms with E-state index in [1.54, 1.807) is 10.9 Å². The molecule has 0 spiro atoms. The van der Waals surface area contributed by atoms with Crippen LogP contribution in [0, 0.1) is 0 Å². The maximum atomic E-state index is 13.2. The van der Waals surface area contributed by atoms with Crippen molar-refractivity contribution in [3.8, 4) is 0 Å². The van der Waals surface area contributed by atoms with Crippen molar-refractivity contribution < 1.29 is 9.47 Å². The van der Waals surface area contributed by atoms with Crippen molar-refractivity contribution in [2.75, 3.05) is 0 Å². The average Bonchev–Trinajstić information content (AvgIpc) is 3.44. The second kappa shape index (κ2) is 10.1. The lowest BCUT2D eigenvalue weighted by Crippen LogP contribution is -2.35. The number of nitrogens with zero attached hydrogens (tertiary/aromatic N) is 6. The lowest BCUT2D eigenvalue weighted by molar-refractivity contribution is 0.0538. The summed E-state index contributed by atoms with van der Waals surface area (Å²) in [5.74, 6) is 0. The zero-order chi connectivity index (χ0) is 24.2. The zero-order valence-corrected chi connectivity index (χ0v) is 19.4. The number of aromatic nitrogens is 6. The van der Waals surface area contributed by atoms with E-state index in [4.69, 9.17) is 9.47 Å². The predicted octanol–water partition coefficient (Wildman–Crippen LogP) is 2.77. The highest BCUT2D eigenvalue weighted by Gasteiger charge is 2.21. The molecule has 0 unspecified atom stereocenters. The Hall–Kier alpha value is -4.02. The fourth-order valence-electron chi connectivity index (χ4n) is 4.01. The van der Waals surface area contributed by atoms with E-state index in [9.17, 15) is 9.59 Å². The van der Waals surface area contributed by atoms with Gasteiger partial charge >= 0.3 is 11.4 Å². The predicted molar refractivity (Wildman–Crippen MR) is 130 cm³/mol. The highest BCUT2D eigenvalue weighted by atomic mass is 16.5. The molecule has 10 nitrogen and oxygen atoms in total. The summed E-state index contributed by atoms with van der Waals surface area (Å²) in [6.07, 6.45) is 2.32. The van der Waals surface area contributed by atoms with Gasteiger partial charge in [-0.05, 0) is 17.5 Å². The molecule has 35 heavy (non-hydrogen) atoms. The van der Waals surface area contributed by atoms with E-state index in [0.717, 1.165) is 20.2 Å². The first kappa shape index (κ1) is 22.8. The summed E-state index contributed by atoms with van der Waals surface area (Å²) in [5.41, 5.74) is 2.25. The van der Waals surface area contributed by atoms with Crippen molar-refractivity contribution in [1.29, 1.82) is 0 Å². The van der Waals surface area contributed by atoms with Crippen LogP contribution in [0.15, 0.2) is 76.6 Å². The van der Waals surface area contributed by atoms with Crippen LogP contribution in [0.25, 0.3) is 16.8 Å². The van der Waals surface area contributed by atoms with Crippen LogP contribution in [0.4, 0.5) is 0 Å². The van der Waals surface area contributed by atoms with Crippen LogP contribution in [0.1, 0.15) is 24.5 Å². The van der Waals surface area contributed by atoms with Crippen molar-refractivity contribution in [3.63, 3.8) is 0 Å². The lowest BCUT2D eigenvalue weighted by atomic mass is 10.2. The molecule has 0 saturated carbocycles. The Balaban J connectivity index is 1.49. The van der Waals surface area contributed by atoms with E-state index < -0.39 is 11.4 Å². The normalized spacial score (nSPS) is 11.6. The Bertz CT molecular complexity index is 1550. The monoisotopic (exact) mass is 474 g/mol. The minimum Gasteiger partial charge on any atom is -0.356 e. The van der Waals surface area contributed by atoms with Gasteiger partial charge in [-0.25, -0.2) is 14.6 Å². The van der Waals surface area contributed by atoms with Crippen LogP contribution in [0.3, 0.4) is 0 Å². The molecule has 0 amide bonds. The molecule has 10 heteroatoms. The SMILES string of the molecule is CCCn1c(=O)n2c(=O)n(COCc3ccccc3)nc2c2c1ncn2COCc1ccccc1. The zero-order valence-electron chi connectivity index (χ0n) is 19.4. The van der Waals surface area contributed by atoms with Gasteiger partial charge < -0.3 is 14.0 Å². The molecule has 3 aromatic heterocycles. The number of fused-ring (bicyclic) bond motifs is 3. The quantitative estimate of drug-likeness (QED) is 0.309. The molecule has 0 atom stereocenters. The third-order valence-corrected chi connectivity index (χ3v) is 5.66. The average molecular weight is 475 g/mol. The second-order valence-electron chi connectivity index (χ2n) is 8.19. The molecule has 3 heterocycles. The van der Waals surface area contributed by atoms with Crippen LogP contribution in [-0.4, -0.2) is 28.3 Å². The molecule has 180 valence electrons. The topological polar surface area (TPSA) is 97.6 Å². The molecular weight excluding hydrogens is 448 g/mol. The maximum Gasteiger partial charge on any atom is 0.356 e. The van der Waals surface area contributed by atoms with Crippen LogP contribution in [0.5, 0.6) is 0 Å². The van der Waals surface area contributed by atoms with E-state index >= 15 is 0 Å². The van der Waals surface area contributed by atoms with Crippen LogP contribution in [-0.2, 0) is 42.7 Å². The van der Waals surface area contributed by atoms with E-state index in [0.29, 0.717) is 37.3 Å². The molecular formula is C25H26N6O4. The number of imidazole rings is 1. The molecule has 0 fully saturated rings. The van der Waals surface area contributed by atoms with Gasteiger partial charge in [-0.2, -0.15) is 9.08 Å². The van der Waals surface area contributed by atoms with E-state index in [2.05, 4.69) is 10.1 Å². The Morgan fingerprint density at radius 3 is 2.06 bits per heavy atom. The van der Waals surface area contributed by atoms with Gasteiger partial charge in [0, 0.05) is 6.54 Å². The number of hydrogen-bond donors (Lipinski definition) is 0. The number of ether oxygens (including phenoxy) is 2. The molecule has 2 aromatic carbocycles. The molecule has 0 radical (unpaired) electrons. The Kier molecular flexibility index (Phi) is 6.55. The van der Waals surface area contributed by atoms with Gasteiger partial charge in [0.2, 0.25) is 0 Å². The minimum atomic E-state index is -0.553. The molecule has 0 bridgehead atoms. The molecule has 0 N–H and O–H groups in total. The maximum absolute atomic E-state index is 13.2. The van der Waals surface area contributed by atoms with Gasteiger partial charge in [-0.3, -0.25) is 4.57 Å². The van der Waals surface area contributed by atoms with E-state index in [-0.39, 0.29) is 19.1 Å². The van der Waals surface area contributed by atoms with Crippen molar-refractivity contribution in [2.24, 2.45) is 0 Å². The lowest BCUT2D eigenvalue weighted by Gasteiger charge is -2.09. The Labute approximate surface area is 200 Å². The molecule has 5 aromatic rings. The summed E-state index contributed by atoms with van der Waals surface area (Å²) < 4.78 is 17.1. The van der Waals surface area contributed by atoms with Gasteiger partial charge in [-0.15, -0.1) is 5.10 Å². The Morgan fingerprint density at radius 2 is 1.43 bits per heavy atom. The number of benzene rings is 2. The molecule has 0 aliphatic heterocycles. The third kappa shape index (κ3) is 4.53.